The summed E-state index contributed by atoms with van der Waals surface area (Å²) in [5.41, 5.74) is 0.936. The minimum atomic E-state index is 0.202. The molecule has 86 valence electrons. The Morgan fingerprint density at radius 3 is 2.94 bits per heavy atom. The molecule has 0 saturated carbocycles. The molecule has 0 aromatic carbocycles. The van der Waals surface area contributed by atoms with Gasteiger partial charge in [0.15, 0.2) is 0 Å². The molecule has 6 heteroatoms. The second kappa shape index (κ2) is 5.29. The van der Waals surface area contributed by atoms with Gasteiger partial charge in [-0.2, -0.15) is 5.10 Å². The van der Waals surface area contributed by atoms with Gasteiger partial charge < -0.3 is 0 Å². The van der Waals surface area contributed by atoms with Crippen LogP contribution in [0.25, 0.3) is 0 Å². The average Bonchev–Trinajstić information content (AvgIpc) is 2.89. The highest BCUT2D eigenvalue weighted by Gasteiger charge is 2.16. The van der Waals surface area contributed by atoms with Gasteiger partial charge in [0.25, 0.3) is 0 Å². The first-order valence-electron chi connectivity index (χ1n) is 4.94. The van der Waals surface area contributed by atoms with Crippen LogP contribution in [0.4, 0.5) is 0 Å². The highest BCUT2D eigenvalue weighted by Crippen LogP contribution is 2.26. The molecule has 0 N–H and O–H groups in total. The van der Waals surface area contributed by atoms with Crippen molar-refractivity contribution >= 4 is 38.9 Å². The fourth-order valence-corrected chi connectivity index (χ4v) is 3.02. The molecule has 1 unspecified atom stereocenters. The summed E-state index contributed by atoms with van der Waals surface area (Å²) in [6, 6.07) is 0.202. The monoisotopic (exact) mass is 319 g/mol. The fraction of sp³-hybridized carbons (Fsp3) is 0.400. The number of thiazole rings is 1. The Bertz CT molecular complexity index is 468. The third kappa shape index (κ3) is 2.47. The summed E-state index contributed by atoms with van der Waals surface area (Å²) in [4.78, 5) is 4.50. The molecule has 0 aliphatic heterocycles. The summed E-state index contributed by atoms with van der Waals surface area (Å²) in [6.45, 7) is 2.13. The van der Waals surface area contributed by atoms with Gasteiger partial charge in [0.2, 0.25) is 0 Å². The van der Waals surface area contributed by atoms with E-state index in [0.29, 0.717) is 5.88 Å². The van der Waals surface area contributed by atoms with Crippen LogP contribution in [0.1, 0.15) is 30.1 Å². The maximum absolute atomic E-state index is 5.75. The zero-order valence-corrected chi connectivity index (χ0v) is 11.9. The molecule has 3 nitrogen and oxygen atoms in total. The Kier molecular flexibility index (Phi) is 4.00. The zero-order valence-electron chi connectivity index (χ0n) is 8.73. The highest BCUT2D eigenvalue weighted by atomic mass is 79.9. The Balaban J connectivity index is 2.28. The first kappa shape index (κ1) is 12.1. The van der Waals surface area contributed by atoms with Crippen LogP contribution in [0.2, 0.25) is 0 Å². The quantitative estimate of drug-likeness (QED) is 0.801. The molecular weight excluding hydrogens is 310 g/mol. The predicted octanol–water partition coefficient (Wildman–Crippen LogP) is 3.84. The van der Waals surface area contributed by atoms with Gasteiger partial charge in [-0.05, 0) is 22.4 Å². The number of halogens is 2. The number of rotatable bonds is 4. The molecule has 1 atom stereocenters. The van der Waals surface area contributed by atoms with Crippen molar-refractivity contribution in [2.24, 2.45) is 0 Å². The molecule has 2 rings (SSSR count). The van der Waals surface area contributed by atoms with Crippen LogP contribution in [0.5, 0.6) is 0 Å². The maximum atomic E-state index is 5.75. The number of aromatic nitrogens is 3. The van der Waals surface area contributed by atoms with Crippen molar-refractivity contribution in [3.8, 4) is 0 Å². The van der Waals surface area contributed by atoms with E-state index >= 15 is 0 Å². The van der Waals surface area contributed by atoms with E-state index in [4.69, 9.17) is 11.6 Å². The van der Waals surface area contributed by atoms with Crippen LogP contribution in [0.15, 0.2) is 22.2 Å². The maximum Gasteiger partial charge on any atom is 0.118 e. The van der Waals surface area contributed by atoms with Crippen LogP contribution >= 0.6 is 38.9 Å². The van der Waals surface area contributed by atoms with E-state index in [-0.39, 0.29) is 6.04 Å². The van der Waals surface area contributed by atoms with E-state index < -0.39 is 0 Å². The van der Waals surface area contributed by atoms with Crippen molar-refractivity contribution in [2.75, 3.05) is 0 Å². The molecule has 0 fully saturated rings. The SMILES string of the molecule is CCC(c1nc(CCl)cs1)n1cc(Br)cn1. The van der Waals surface area contributed by atoms with Crippen LogP contribution in [0.3, 0.4) is 0 Å². The molecule has 0 bridgehead atoms. The Labute approximate surface area is 112 Å². The summed E-state index contributed by atoms with van der Waals surface area (Å²) in [5, 5.41) is 7.37. The van der Waals surface area contributed by atoms with Crippen LogP contribution in [-0.2, 0) is 5.88 Å². The van der Waals surface area contributed by atoms with Gasteiger partial charge in [-0.25, -0.2) is 4.98 Å². The molecule has 0 aliphatic rings. The van der Waals surface area contributed by atoms with Crippen molar-refractivity contribution in [1.82, 2.24) is 14.8 Å². The van der Waals surface area contributed by atoms with E-state index in [0.717, 1.165) is 21.6 Å². The highest BCUT2D eigenvalue weighted by molar-refractivity contribution is 9.10. The molecular formula is C10H11BrClN3S. The third-order valence-corrected chi connectivity index (χ3v) is 3.95. The molecule has 2 heterocycles. The van der Waals surface area contributed by atoms with E-state index in [1.165, 1.54) is 0 Å². The molecule has 2 aromatic heterocycles. The molecule has 0 amide bonds. The summed E-state index contributed by atoms with van der Waals surface area (Å²) in [7, 11) is 0. The van der Waals surface area contributed by atoms with Gasteiger partial charge in [-0.15, -0.1) is 22.9 Å². The smallest absolute Gasteiger partial charge is 0.118 e. The first-order valence-corrected chi connectivity index (χ1v) is 7.15. The third-order valence-electron chi connectivity index (χ3n) is 2.27. The standard InChI is InChI=1S/C10H11BrClN3S/c1-2-9(15-5-7(11)4-13-15)10-14-8(3-12)6-16-10/h4-6,9H,2-3H2,1H3. The molecule has 16 heavy (non-hydrogen) atoms. The lowest BCUT2D eigenvalue weighted by Gasteiger charge is -2.12. The van der Waals surface area contributed by atoms with Crippen LogP contribution in [0, 0.1) is 0 Å². The van der Waals surface area contributed by atoms with Gasteiger partial charge in [0.05, 0.1) is 22.2 Å². The van der Waals surface area contributed by atoms with Gasteiger partial charge in [0.1, 0.15) is 11.0 Å². The fourth-order valence-electron chi connectivity index (χ4n) is 1.50. The molecule has 0 spiro atoms. The Morgan fingerprint density at radius 2 is 2.44 bits per heavy atom. The Morgan fingerprint density at radius 1 is 1.62 bits per heavy atom. The molecule has 0 radical (unpaired) electrons. The van der Waals surface area contributed by atoms with Crippen molar-refractivity contribution in [3.05, 3.63) is 32.9 Å². The minimum Gasteiger partial charge on any atom is -0.262 e. The van der Waals surface area contributed by atoms with Gasteiger partial charge >= 0.3 is 0 Å². The lowest BCUT2D eigenvalue weighted by Crippen LogP contribution is -2.09. The normalized spacial score (nSPS) is 12.9. The summed E-state index contributed by atoms with van der Waals surface area (Å²) in [5.74, 6) is 0.468. The van der Waals surface area contributed by atoms with E-state index in [9.17, 15) is 0 Å². The zero-order chi connectivity index (χ0) is 11.5. The lowest BCUT2D eigenvalue weighted by atomic mass is 10.2. The van der Waals surface area contributed by atoms with E-state index in [1.54, 1.807) is 17.5 Å². The van der Waals surface area contributed by atoms with Gasteiger partial charge in [-0.3, -0.25) is 4.68 Å². The van der Waals surface area contributed by atoms with E-state index in [1.807, 2.05) is 16.3 Å². The van der Waals surface area contributed by atoms with Crippen molar-refractivity contribution in [3.63, 3.8) is 0 Å². The number of hydrogen-bond donors (Lipinski definition) is 0. The number of nitrogens with zero attached hydrogens (tertiary/aromatic N) is 3. The van der Waals surface area contributed by atoms with Crippen LogP contribution < -0.4 is 0 Å². The first-order chi connectivity index (χ1) is 7.74. The molecule has 0 aliphatic carbocycles. The number of hydrogen-bond acceptors (Lipinski definition) is 3. The van der Waals surface area contributed by atoms with Crippen molar-refractivity contribution < 1.29 is 0 Å². The summed E-state index contributed by atoms with van der Waals surface area (Å²) in [6.07, 6.45) is 4.72. The van der Waals surface area contributed by atoms with Gasteiger partial charge in [0, 0.05) is 11.6 Å². The topological polar surface area (TPSA) is 30.7 Å². The van der Waals surface area contributed by atoms with Gasteiger partial charge in [-0.1, -0.05) is 6.92 Å². The predicted molar refractivity (Wildman–Crippen MR) is 70.0 cm³/mol. The molecule has 0 saturated heterocycles. The van der Waals surface area contributed by atoms with Crippen LogP contribution in [-0.4, -0.2) is 14.8 Å². The van der Waals surface area contributed by atoms with E-state index in [2.05, 4.69) is 32.9 Å². The summed E-state index contributed by atoms with van der Waals surface area (Å²) >= 11 is 10.8. The second-order valence-corrected chi connectivity index (χ2v) is 5.45. The largest absolute Gasteiger partial charge is 0.262 e. The summed E-state index contributed by atoms with van der Waals surface area (Å²) < 4.78 is 2.92. The number of alkyl halides is 1. The lowest BCUT2D eigenvalue weighted by molar-refractivity contribution is 0.506. The van der Waals surface area contributed by atoms with Crippen molar-refractivity contribution in [1.29, 1.82) is 0 Å². The van der Waals surface area contributed by atoms with Crippen molar-refractivity contribution in [2.45, 2.75) is 25.3 Å². The average molecular weight is 321 g/mol. The second-order valence-electron chi connectivity index (χ2n) is 3.37. The minimum absolute atomic E-state index is 0.202. The Hall–Kier alpha value is -0.390. The molecule has 2 aromatic rings.